The number of aliphatic hydroxyl groups is 1. The average molecular weight is 319 g/mol. The number of amides is 2. The van der Waals surface area contributed by atoms with Gasteiger partial charge in [0.2, 0.25) is 0 Å². The minimum atomic E-state index is -0.903. The molecule has 1 saturated heterocycles. The summed E-state index contributed by atoms with van der Waals surface area (Å²) in [6.07, 6.45) is 5.05. The summed E-state index contributed by atoms with van der Waals surface area (Å²) in [5.74, 6) is 0. The molecule has 128 valence electrons. The van der Waals surface area contributed by atoms with Crippen LogP contribution in [0.1, 0.15) is 39.5 Å². The summed E-state index contributed by atoms with van der Waals surface area (Å²) < 4.78 is 0. The van der Waals surface area contributed by atoms with Crippen molar-refractivity contribution >= 4 is 17.4 Å². The van der Waals surface area contributed by atoms with Crippen LogP contribution in [0.3, 0.4) is 0 Å². The van der Waals surface area contributed by atoms with Gasteiger partial charge < -0.3 is 20.2 Å². The molecule has 1 aliphatic heterocycles. The number of nitrogens with zero attached hydrogens (tertiary/aromatic N) is 2. The Hall–Kier alpha value is -1.75. The highest BCUT2D eigenvalue weighted by Crippen LogP contribution is 2.23. The predicted molar refractivity (Wildman–Crippen MR) is 95.1 cm³/mol. The van der Waals surface area contributed by atoms with Crippen LogP contribution < -0.4 is 10.2 Å². The number of carbonyl (C=O) groups excluding carboxylic acids is 1. The van der Waals surface area contributed by atoms with Gasteiger partial charge in [-0.15, -0.1) is 0 Å². The van der Waals surface area contributed by atoms with Crippen molar-refractivity contribution in [1.29, 1.82) is 0 Å². The van der Waals surface area contributed by atoms with Crippen LogP contribution in [0.25, 0.3) is 0 Å². The second kappa shape index (κ2) is 7.68. The van der Waals surface area contributed by atoms with Gasteiger partial charge in [0.15, 0.2) is 0 Å². The van der Waals surface area contributed by atoms with Gasteiger partial charge in [0, 0.05) is 31.5 Å². The first-order valence-electron chi connectivity index (χ1n) is 8.45. The van der Waals surface area contributed by atoms with Crippen molar-refractivity contribution in [3.8, 4) is 0 Å². The lowest BCUT2D eigenvalue weighted by molar-refractivity contribution is 0.0550. The first kappa shape index (κ1) is 17.6. The van der Waals surface area contributed by atoms with Crippen molar-refractivity contribution in [3.05, 3.63) is 24.3 Å². The Morgan fingerprint density at radius 3 is 2.52 bits per heavy atom. The van der Waals surface area contributed by atoms with E-state index in [-0.39, 0.29) is 12.6 Å². The monoisotopic (exact) mass is 319 g/mol. The van der Waals surface area contributed by atoms with E-state index in [1.807, 2.05) is 18.2 Å². The van der Waals surface area contributed by atoms with Gasteiger partial charge in [0.25, 0.3) is 0 Å². The summed E-state index contributed by atoms with van der Waals surface area (Å²) in [5, 5.41) is 12.7. The lowest BCUT2D eigenvalue weighted by Crippen LogP contribution is -2.41. The lowest BCUT2D eigenvalue weighted by atomic mass is 10.1. The van der Waals surface area contributed by atoms with Crippen molar-refractivity contribution in [2.24, 2.45) is 0 Å². The van der Waals surface area contributed by atoms with Crippen LogP contribution in [0.5, 0.6) is 0 Å². The molecular formula is C18H29N3O2. The fourth-order valence-corrected chi connectivity index (χ4v) is 2.98. The number of likely N-dealkylation sites (N-methyl/N-ethyl adjacent to an activating group) is 1. The number of hydrogen-bond acceptors (Lipinski definition) is 3. The summed E-state index contributed by atoms with van der Waals surface area (Å²) in [6.45, 7) is 5.82. The first-order chi connectivity index (χ1) is 10.8. The van der Waals surface area contributed by atoms with Crippen molar-refractivity contribution in [1.82, 2.24) is 4.90 Å². The van der Waals surface area contributed by atoms with E-state index < -0.39 is 5.60 Å². The molecule has 0 radical (unpaired) electrons. The summed E-state index contributed by atoms with van der Waals surface area (Å²) >= 11 is 0. The Labute approximate surface area is 139 Å². The number of nitrogens with one attached hydrogen (secondary N) is 1. The largest absolute Gasteiger partial charge is 0.389 e. The SMILES string of the molecule is CN(CC(C)(C)O)C(=O)Nc1cccc(N2CCCCCC2)c1. The van der Waals surface area contributed by atoms with Crippen LogP contribution in [0.2, 0.25) is 0 Å². The molecule has 0 bridgehead atoms. The van der Waals surface area contributed by atoms with Crippen LogP contribution >= 0.6 is 0 Å². The maximum absolute atomic E-state index is 12.2. The maximum atomic E-state index is 12.2. The van der Waals surface area contributed by atoms with Gasteiger partial charge in [-0.05, 0) is 44.9 Å². The molecule has 5 heteroatoms. The van der Waals surface area contributed by atoms with Gasteiger partial charge in [-0.3, -0.25) is 0 Å². The average Bonchev–Trinajstić information content (AvgIpc) is 2.74. The van der Waals surface area contributed by atoms with E-state index in [0.717, 1.165) is 24.5 Å². The highest BCUT2D eigenvalue weighted by Gasteiger charge is 2.19. The maximum Gasteiger partial charge on any atom is 0.321 e. The second-order valence-electron chi connectivity index (χ2n) is 7.05. The minimum absolute atomic E-state index is 0.208. The van der Waals surface area contributed by atoms with Crippen LogP contribution in [-0.4, -0.2) is 48.3 Å². The minimum Gasteiger partial charge on any atom is -0.389 e. The van der Waals surface area contributed by atoms with E-state index in [0.29, 0.717) is 0 Å². The first-order valence-corrected chi connectivity index (χ1v) is 8.45. The second-order valence-corrected chi connectivity index (χ2v) is 7.05. The van der Waals surface area contributed by atoms with E-state index in [2.05, 4.69) is 16.3 Å². The van der Waals surface area contributed by atoms with E-state index in [1.165, 1.54) is 30.6 Å². The van der Waals surface area contributed by atoms with E-state index in [4.69, 9.17) is 0 Å². The summed E-state index contributed by atoms with van der Waals surface area (Å²) in [5.41, 5.74) is 1.05. The molecule has 2 amide bonds. The van der Waals surface area contributed by atoms with Gasteiger partial charge in [-0.1, -0.05) is 18.9 Å². The molecule has 0 saturated carbocycles. The van der Waals surface area contributed by atoms with E-state index in [9.17, 15) is 9.90 Å². The molecule has 2 rings (SSSR count). The zero-order valence-electron chi connectivity index (χ0n) is 14.5. The number of carbonyl (C=O) groups is 1. The van der Waals surface area contributed by atoms with Gasteiger partial charge in [-0.2, -0.15) is 0 Å². The Balaban J connectivity index is 2.00. The molecule has 0 spiro atoms. The van der Waals surface area contributed by atoms with E-state index in [1.54, 1.807) is 20.9 Å². The third-order valence-electron chi connectivity index (χ3n) is 4.04. The predicted octanol–water partition coefficient (Wildman–Crippen LogP) is 3.30. The molecule has 2 N–H and O–H groups in total. The Morgan fingerprint density at radius 1 is 1.26 bits per heavy atom. The van der Waals surface area contributed by atoms with Crippen LogP contribution in [0.15, 0.2) is 24.3 Å². The molecule has 1 aromatic rings. The fourth-order valence-electron chi connectivity index (χ4n) is 2.98. The standard InChI is InChI=1S/C18H29N3O2/c1-18(2,23)14-20(3)17(22)19-15-9-8-10-16(13-15)21-11-6-4-5-7-12-21/h8-10,13,23H,4-7,11-12,14H2,1-3H3,(H,19,22). The number of urea groups is 1. The zero-order chi connectivity index (χ0) is 16.9. The van der Waals surface area contributed by atoms with Crippen LogP contribution in [-0.2, 0) is 0 Å². The van der Waals surface area contributed by atoms with Crippen molar-refractivity contribution in [3.63, 3.8) is 0 Å². The normalized spacial score (nSPS) is 15.9. The lowest BCUT2D eigenvalue weighted by Gasteiger charge is -2.26. The van der Waals surface area contributed by atoms with Crippen molar-refractivity contribution in [2.45, 2.75) is 45.1 Å². The zero-order valence-corrected chi connectivity index (χ0v) is 14.5. The Kier molecular flexibility index (Phi) is 5.88. The Morgan fingerprint density at radius 2 is 1.91 bits per heavy atom. The number of rotatable bonds is 4. The Bertz CT molecular complexity index is 517. The van der Waals surface area contributed by atoms with Gasteiger partial charge in [0.05, 0.1) is 12.1 Å². The molecule has 0 aromatic heterocycles. The molecule has 23 heavy (non-hydrogen) atoms. The van der Waals surface area contributed by atoms with Gasteiger partial charge in [0.1, 0.15) is 0 Å². The summed E-state index contributed by atoms with van der Waals surface area (Å²) in [4.78, 5) is 16.1. The molecular weight excluding hydrogens is 290 g/mol. The highest BCUT2D eigenvalue weighted by atomic mass is 16.3. The molecule has 0 aliphatic carbocycles. The van der Waals surface area contributed by atoms with Crippen LogP contribution in [0.4, 0.5) is 16.2 Å². The molecule has 1 heterocycles. The number of anilines is 2. The van der Waals surface area contributed by atoms with E-state index >= 15 is 0 Å². The summed E-state index contributed by atoms with van der Waals surface area (Å²) in [6, 6.07) is 7.80. The topological polar surface area (TPSA) is 55.8 Å². The summed E-state index contributed by atoms with van der Waals surface area (Å²) in [7, 11) is 1.69. The van der Waals surface area contributed by atoms with Gasteiger partial charge >= 0.3 is 6.03 Å². The highest BCUT2D eigenvalue weighted by molar-refractivity contribution is 5.89. The number of benzene rings is 1. The molecule has 1 aliphatic rings. The van der Waals surface area contributed by atoms with Crippen molar-refractivity contribution < 1.29 is 9.90 Å². The smallest absolute Gasteiger partial charge is 0.321 e. The third kappa shape index (κ3) is 5.75. The molecule has 1 fully saturated rings. The number of hydrogen-bond donors (Lipinski definition) is 2. The quantitative estimate of drug-likeness (QED) is 0.895. The van der Waals surface area contributed by atoms with Gasteiger partial charge in [-0.25, -0.2) is 4.79 Å². The fraction of sp³-hybridized carbons (Fsp3) is 0.611. The van der Waals surface area contributed by atoms with Crippen LogP contribution in [0, 0.1) is 0 Å². The molecule has 1 aromatic carbocycles. The third-order valence-corrected chi connectivity index (χ3v) is 4.04. The molecule has 0 unspecified atom stereocenters. The van der Waals surface area contributed by atoms with Crippen molar-refractivity contribution in [2.75, 3.05) is 36.9 Å². The molecule has 5 nitrogen and oxygen atoms in total. The molecule has 0 atom stereocenters.